The Hall–Kier alpha value is -1.69. The molecular weight excluding hydrogens is 280 g/mol. The number of carbonyl (C=O) groups excluding carboxylic acids is 1. The van der Waals surface area contributed by atoms with Gasteiger partial charge in [-0.05, 0) is 19.1 Å². The Morgan fingerprint density at radius 2 is 1.86 bits per heavy atom. The van der Waals surface area contributed by atoms with Crippen LogP contribution in [0.3, 0.4) is 0 Å². The Labute approximate surface area is 122 Å². The average Bonchev–Trinajstić information content (AvgIpc) is 2.61. The number of hydrogen-bond donors (Lipinski definition) is 1. The van der Waals surface area contributed by atoms with Crippen LogP contribution >= 0.6 is 0 Å². The zero-order valence-corrected chi connectivity index (χ0v) is 12.5. The SMILES string of the molecule is COc1ccc(C(=O)N2CC(C)(C)C(C)(O)C2)c(F)c1F. The van der Waals surface area contributed by atoms with E-state index < -0.39 is 28.6 Å². The molecule has 0 saturated carbocycles. The van der Waals surface area contributed by atoms with Gasteiger partial charge in [-0.15, -0.1) is 0 Å². The van der Waals surface area contributed by atoms with Crippen LogP contribution in [-0.2, 0) is 0 Å². The topological polar surface area (TPSA) is 49.8 Å². The summed E-state index contributed by atoms with van der Waals surface area (Å²) < 4.78 is 32.3. The number of β-amino-alcohol motifs (C(OH)–C–C–N with tert-alkyl or cyclic N) is 1. The number of amides is 1. The summed E-state index contributed by atoms with van der Waals surface area (Å²) >= 11 is 0. The number of nitrogens with zero attached hydrogens (tertiary/aromatic N) is 1. The van der Waals surface area contributed by atoms with Crippen molar-refractivity contribution < 1.29 is 23.4 Å². The standard InChI is InChI=1S/C15H19F2NO3/c1-14(2)7-18(8-15(14,3)20)13(19)9-5-6-10(21-4)12(17)11(9)16/h5-6,20H,7-8H2,1-4H3. The number of likely N-dealkylation sites (tertiary alicyclic amines) is 1. The van der Waals surface area contributed by atoms with E-state index in [2.05, 4.69) is 4.74 Å². The third kappa shape index (κ3) is 2.48. The van der Waals surface area contributed by atoms with E-state index in [-0.39, 0.29) is 24.4 Å². The van der Waals surface area contributed by atoms with Gasteiger partial charge in [0.2, 0.25) is 5.82 Å². The smallest absolute Gasteiger partial charge is 0.257 e. The molecule has 4 nitrogen and oxygen atoms in total. The first-order valence-corrected chi connectivity index (χ1v) is 6.64. The maximum atomic E-state index is 14.0. The summed E-state index contributed by atoms with van der Waals surface area (Å²) in [6.07, 6.45) is 0. The zero-order chi connectivity index (χ0) is 16.0. The van der Waals surface area contributed by atoms with Crippen LogP contribution < -0.4 is 4.74 Å². The molecule has 0 spiro atoms. The van der Waals surface area contributed by atoms with Gasteiger partial charge in [-0.2, -0.15) is 4.39 Å². The van der Waals surface area contributed by atoms with E-state index in [9.17, 15) is 18.7 Å². The molecule has 21 heavy (non-hydrogen) atoms. The average molecular weight is 299 g/mol. The highest BCUT2D eigenvalue weighted by Crippen LogP contribution is 2.39. The summed E-state index contributed by atoms with van der Waals surface area (Å²) in [6.45, 7) is 5.62. The van der Waals surface area contributed by atoms with Gasteiger partial charge in [-0.3, -0.25) is 4.79 Å². The molecule has 1 N–H and O–H groups in total. The Morgan fingerprint density at radius 3 is 2.33 bits per heavy atom. The molecule has 0 radical (unpaired) electrons. The van der Waals surface area contributed by atoms with E-state index in [4.69, 9.17) is 0 Å². The van der Waals surface area contributed by atoms with Gasteiger partial charge in [0.15, 0.2) is 11.6 Å². The minimum absolute atomic E-state index is 0.0753. The quantitative estimate of drug-likeness (QED) is 0.911. The molecule has 1 aliphatic rings. The maximum Gasteiger partial charge on any atom is 0.257 e. The van der Waals surface area contributed by atoms with E-state index in [1.807, 2.05) is 13.8 Å². The zero-order valence-electron chi connectivity index (χ0n) is 12.5. The van der Waals surface area contributed by atoms with Gasteiger partial charge in [0.25, 0.3) is 5.91 Å². The van der Waals surface area contributed by atoms with Crippen LogP contribution in [0.5, 0.6) is 5.75 Å². The highest BCUT2D eigenvalue weighted by molar-refractivity contribution is 5.95. The summed E-state index contributed by atoms with van der Waals surface area (Å²) in [7, 11) is 1.22. The van der Waals surface area contributed by atoms with Crippen LogP contribution in [-0.4, -0.2) is 41.7 Å². The predicted molar refractivity (Wildman–Crippen MR) is 73.2 cm³/mol. The van der Waals surface area contributed by atoms with E-state index >= 15 is 0 Å². The second-order valence-corrected chi connectivity index (χ2v) is 6.26. The van der Waals surface area contributed by atoms with Crippen molar-refractivity contribution >= 4 is 5.91 Å². The second-order valence-electron chi connectivity index (χ2n) is 6.26. The van der Waals surface area contributed by atoms with Crippen molar-refractivity contribution in [3.63, 3.8) is 0 Å². The van der Waals surface area contributed by atoms with Gasteiger partial charge < -0.3 is 14.7 Å². The fraction of sp³-hybridized carbons (Fsp3) is 0.533. The summed E-state index contributed by atoms with van der Waals surface area (Å²) in [4.78, 5) is 13.7. The fourth-order valence-corrected chi connectivity index (χ4v) is 2.46. The van der Waals surface area contributed by atoms with Crippen LogP contribution in [0.1, 0.15) is 31.1 Å². The Kier molecular flexibility index (Phi) is 3.70. The first kappa shape index (κ1) is 15.7. The highest BCUT2D eigenvalue weighted by Gasteiger charge is 2.49. The minimum Gasteiger partial charge on any atom is -0.494 e. The van der Waals surface area contributed by atoms with E-state index in [1.165, 1.54) is 24.1 Å². The molecule has 6 heteroatoms. The number of rotatable bonds is 2. The molecule has 116 valence electrons. The predicted octanol–water partition coefficient (Wildman–Crippen LogP) is 2.21. The molecule has 1 aromatic rings. The molecule has 0 aliphatic carbocycles. The van der Waals surface area contributed by atoms with Crippen LogP contribution in [0.2, 0.25) is 0 Å². The van der Waals surface area contributed by atoms with Crippen molar-refractivity contribution in [2.75, 3.05) is 20.2 Å². The number of benzene rings is 1. The number of ether oxygens (including phenoxy) is 1. The molecule has 1 aliphatic heterocycles. The number of methoxy groups -OCH3 is 1. The van der Waals surface area contributed by atoms with Gasteiger partial charge in [0, 0.05) is 12.0 Å². The molecule has 1 heterocycles. The van der Waals surface area contributed by atoms with Crippen LogP contribution in [0.25, 0.3) is 0 Å². The summed E-state index contributed by atoms with van der Waals surface area (Å²) in [6, 6.07) is 2.41. The lowest BCUT2D eigenvalue weighted by Gasteiger charge is -2.30. The van der Waals surface area contributed by atoms with E-state index in [0.29, 0.717) is 0 Å². The van der Waals surface area contributed by atoms with E-state index in [0.717, 1.165) is 0 Å². The first-order valence-electron chi connectivity index (χ1n) is 6.64. The van der Waals surface area contributed by atoms with Gasteiger partial charge in [-0.1, -0.05) is 13.8 Å². The monoisotopic (exact) mass is 299 g/mol. The van der Waals surface area contributed by atoms with Crippen LogP contribution in [0.15, 0.2) is 12.1 Å². The Balaban J connectivity index is 2.33. The third-order valence-corrected chi connectivity index (χ3v) is 4.33. The second kappa shape index (κ2) is 4.94. The molecule has 1 unspecified atom stereocenters. The molecule has 2 rings (SSSR count). The Morgan fingerprint density at radius 1 is 1.24 bits per heavy atom. The summed E-state index contributed by atoms with van der Waals surface area (Å²) in [5.41, 5.74) is -1.96. The van der Waals surface area contributed by atoms with Gasteiger partial charge in [-0.25, -0.2) is 4.39 Å². The molecule has 1 amide bonds. The van der Waals surface area contributed by atoms with Crippen molar-refractivity contribution in [3.8, 4) is 5.75 Å². The molecular formula is C15H19F2NO3. The van der Waals surface area contributed by atoms with Gasteiger partial charge >= 0.3 is 0 Å². The normalized spacial score (nSPS) is 24.2. The molecule has 1 aromatic carbocycles. The molecule has 1 saturated heterocycles. The van der Waals surface area contributed by atoms with Gasteiger partial charge in [0.05, 0.1) is 24.8 Å². The van der Waals surface area contributed by atoms with Crippen LogP contribution in [0, 0.1) is 17.0 Å². The van der Waals surface area contributed by atoms with Crippen molar-refractivity contribution in [1.29, 1.82) is 0 Å². The lowest BCUT2D eigenvalue weighted by molar-refractivity contribution is -0.0108. The molecule has 0 aromatic heterocycles. The number of carbonyl (C=O) groups is 1. The van der Waals surface area contributed by atoms with Crippen molar-refractivity contribution in [2.45, 2.75) is 26.4 Å². The summed E-state index contributed by atoms with van der Waals surface area (Å²) in [5, 5.41) is 10.3. The van der Waals surface area contributed by atoms with Gasteiger partial charge in [0.1, 0.15) is 0 Å². The summed E-state index contributed by atoms with van der Waals surface area (Å²) in [5.74, 6) is -3.31. The third-order valence-electron chi connectivity index (χ3n) is 4.33. The highest BCUT2D eigenvalue weighted by atomic mass is 19.2. The largest absolute Gasteiger partial charge is 0.494 e. The van der Waals surface area contributed by atoms with Crippen molar-refractivity contribution in [2.24, 2.45) is 5.41 Å². The first-order chi connectivity index (χ1) is 9.60. The van der Waals surface area contributed by atoms with Crippen molar-refractivity contribution in [3.05, 3.63) is 29.3 Å². The minimum atomic E-state index is -1.23. The maximum absolute atomic E-state index is 14.0. The molecule has 1 atom stereocenters. The molecule has 1 fully saturated rings. The number of aliphatic hydroxyl groups is 1. The lowest BCUT2D eigenvalue weighted by atomic mass is 9.79. The Bertz CT molecular complexity index is 569. The fourth-order valence-electron chi connectivity index (χ4n) is 2.46. The lowest BCUT2D eigenvalue weighted by Crippen LogP contribution is -2.40. The van der Waals surface area contributed by atoms with Crippen LogP contribution in [0.4, 0.5) is 8.78 Å². The number of hydrogen-bond acceptors (Lipinski definition) is 3. The number of halogens is 2. The van der Waals surface area contributed by atoms with Crippen molar-refractivity contribution in [1.82, 2.24) is 4.90 Å². The van der Waals surface area contributed by atoms with E-state index in [1.54, 1.807) is 6.92 Å². The molecule has 0 bridgehead atoms.